The molecule has 4 heteroatoms. The van der Waals surface area contributed by atoms with Crippen molar-refractivity contribution in [1.82, 2.24) is 9.78 Å². The number of thiophene rings is 1. The summed E-state index contributed by atoms with van der Waals surface area (Å²) in [5.74, 6) is 1.18. The van der Waals surface area contributed by atoms with Gasteiger partial charge < -0.3 is 5.32 Å². The van der Waals surface area contributed by atoms with Crippen molar-refractivity contribution in [2.75, 3.05) is 11.9 Å². The lowest BCUT2D eigenvalue weighted by atomic mass is 10.1. The van der Waals surface area contributed by atoms with Gasteiger partial charge in [0.1, 0.15) is 11.5 Å². The van der Waals surface area contributed by atoms with Gasteiger partial charge in [-0.05, 0) is 74.2 Å². The van der Waals surface area contributed by atoms with Crippen LogP contribution in [-0.2, 0) is 6.42 Å². The van der Waals surface area contributed by atoms with Crippen molar-refractivity contribution in [3.05, 3.63) is 51.9 Å². The first kappa shape index (κ1) is 15.5. The number of hydrogen-bond donors (Lipinski definition) is 1. The van der Waals surface area contributed by atoms with E-state index in [9.17, 15) is 0 Å². The molecular formula is C20H23N3S. The lowest BCUT2D eigenvalue weighted by Crippen LogP contribution is -2.08. The van der Waals surface area contributed by atoms with E-state index in [0.717, 1.165) is 18.7 Å². The third-order valence-electron chi connectivity index (χ3n) is 4.69. The minimum Gasteiger partial charge on any atom is -0.370 e. The topological polar surface area (TPSA) is 29.9 Å². The zero-order chi connectivity index (χ0) is 16.7. The number of rotatable bonds is 2. The van der Waals surface area contributed by atoms with Crippen LogP contribution < -0.4 is 5.32 Å². The lowest BCUT2D eigenvalue weighted by molar-refractivity contribution is 0.780. The van der Waals surface area contributed by atoms with Gasteiger partial charge in [0.05, 0.1) is 10.6 Å². The third kappa shape index (κ3) is 2.65. The number of fused-ring (bicyclic) bond motifs is 1. The summed E-state index contributed by atoms with van der Waals surface area (Å²) in [6, 6.07) is 8.84. The SMILES string of the molecule is Cc1csc(-c2nn(-c3cc(C)ccc3C)c3c2CCCCN3)c1. The highest BCUT2D eigenvalue weighted by atomic mass is 32.1. The van der Waals surface area contributed by atoms with Gasteiger partial charge in [0.25, 0.3) is 0 Å². The number of anilines is 1. The number of aryl methyl sites for hydroxylation is 3. The zero-order valence-electron chi connectivity index (χ0n) is 14.5. The fourth-order valence-electron chi connectivity index (χ4n) is 3.38. The Balaban J connectivity index is 1.94. The van der Waals surface area contributed by atoms with E-state index in [2.05, 4.69) is 60.4 Å². The first-order valence-corrected chi connectivity index (χ1v) is 9.50. The zero-order valence-corrected chi connectivity index (χ0v) is 15.3. The molecule has 124 valence electrons. The second-order valence-corrected chi connectivity index (χ2v) is 7.66. The smallest absolute Gasteiger partial charge is 0.133 e. The second kappa shape index (κ2) is 6.10. The summed E-state index contributed by atoms with van der Waals surface area (Å²) in [7, 11) is 0. The molecular weight excluding hydrogens is 314 g/mol. The molecule has 24 heavy (non-hydrogen) atoms. The highest BCUT2D eigenvalue weighted by Gasteiger charge is 2.23. The Bertz CT molecular complexity index is 888. The molecule has 0 saturated heterocycles. The van der Waals surface area contributed by atoms with Crippen molar-refractivity contribution in [2.24, 2.45) is 0 Å². The first-order chi connectivity index (χ1) is 11.6. The van der Waals surface area contributed by atoms with E-state index in [4.69, 9.17) is 5.10 Å². The number of benzene rings is 1. The summed E-state index contributed by atoms with van der Waals surface area (Å²) < 4.78 is 2.13. The minimum absolute atomic E-state index is 1.02. The van der Waals surface area contributed by atoms with E-state index in [1.807, 2.05) is 0 Å². The summed E-state index contributed by atoms with van der Waals surface area (Å²) in [4.78, 5) is 1.27. The predicted octanol–water partition coefficient (Wildman–Crippen LogP) is 5.27. The second-order valence-electron chi connectivity index (χ2n) is 6.75. The van der Waals surface area contributed by atoms with Crippen LogP contribution in [0, 0.1) is 20.8 Å². The summed E-state index contributed by atoms with van der Waals surface area (Å²) in [5, 5.41) is 10.9. The predicted molar refractivity (Wildman–Crippen MR) is 103 cm³/mol. The molecule has 0 saturated carbocycles. The van der Waals surface area contributed by atoms with E-state index in [1.54, 1.807) is 11.3 Å². The summed E-state index contributed by atoms with van der Waals surface area (Å²) >= 11 is 1.79. The lowest BCUT2D eigenvalue weighted by Gasteiger charge is -2.12. The largest absolute Gasteiger partial charge is 0.370 e. The molecule has 1 aromatic carbocycles. The highest BCUT2D eigenvalue weighted by molar-refractivity contribution is 7.13. The fourth-order valence-corrected chi connectivity index (χ4v) is 4.29. The van der Waals surface area contributed by atoms with Crippen LogP contribution in [0.1, 0.15) is 35.1 Å². The van der Waals surface area contributed by atoms with E-state index in [-0.39, 0.29) is 0 Å². The molecule has 0 aliphatic carbocycles. The van der Waals surface area contributed by atoms with Crippen LogP contribution in [0.2, 0.25) is 0 Å². The molecule has 0 unspecified atom stereocenters. The summed E-state index contributed by atoms with van der Waals surface area (Å²) in [5.41, 5.74) is 7.54. The van der Waals surface area contributed by atoms with E-state index in [0.29, 0.717) is 0 Å². The van der Waals surface area contributed by atoms with Crippen LogP contribution in [0.15, 0.2) is 29.6 Å². The van der Waals surface area contributed by atoms with E-state index < -0.39 is 0 Å². The molecule has 1 aliphatic rings. The Morgan fingerprint density at radius 3 is 2.75 bits per heavy atom. The number of aromatic nitrogens is 2. The van der Waals surface area contributed by atoms with Crippen molar-refractivity contribution >= 4 is 17.2 Å². The molecule has 1 N–H and O–H groups in total. The van der Waals surface area contributed by atoms with Crippen molar-refractivity contribution < 1.29 is 0 Å². The van der Waals surface area contributed by atoms with Crippen molar-refractivity contribution in [2.45, 2.75) is 40.0 Å². The molecule has 0 fully saturated rings. The van der Waals surface area contributed by atoms with Gasteiger partial charge in [0, 0.05) is 12.1 Å². The van der Waals surface area contributed by atoms with Gasteiger partial charge in [-0.3, -0.25) is 0 Å². The average molecular weight is 337 g/mol. The number of hydrogen-bond acceptors (Lipinski definition) is 3. The fraction of sp³-hybridized carbons (Fsp3) is 0.350. The van der Waals surface area contributed by atoms with E-state index in [1.165, 1.54) is 51.5 Å². The van der Waals surface area contributed by atoms with Gasteiger partial charge in [-0.15, -0.1) is 11.3 Å². The van der Waals surface area contributed by atoms with Crippen LogP contribution in [0.3, 0.4) is 0 Å². The maximum Gasteiger partial charge on any atom is 0.133 e. The molecule has 3 aromatic rings. The quantitative estimate of drug-likeness (QED) is 0.690. The Morgan fingerprint density at radius 2 is 1.96 bits per heavy atom. The molecule has 0 radical (unpaired) electrons. The number of nitrogens with one attached hydrogen (secondary N) is 1. The Morgan fingerprint density at radius 1 is 1.08 bits per heavy atom. The Hall–Kier alpha value is -2.07. The molecule has 1 aliphatic heterocycles. The van der Waals surface area contributed by atoms with Crippen LogP contribution in [-0.4, -0.2) is 16.3 Å². The van der Waals surface area contributed by atoms with Gasteiger partial charge in [-0.25, -0.2) is 4.68 Å². The average Bonchev–Trinajstić information content (AvgIpc) is 3.05. The van der Waals surface area contributed by atoms with E-state index >= 15 is 0 Å². The monoisotopic (exact) mass is 337 g/mol. The standard InChI is InChI=1S/C20H23N3S/c1-13-7-8-15(3)17(10-13)23-20-16(6-4-5-9-21-20)19(22-23)18-11-14(2)12-24-18/h7-8,10-12,21H,4-6,9H2,1-3H3. The van der Waals surface area contributed by atoms with Crippen LogP contribution in [0.4, 0.5) is 5.82 Å². The first-order valence-electron chi connectivity index (χ1n) is 8.62. The van der Waals surface area contributed by atoms with Gasteiger partial charge in [0.2, 0.25) is 0 Å². The third-order valence-corrected chi connectivity index (χ3v) is 5.74. The molecule has 0 atom stereocenters. The molecule has 4 rings (SSSR count). The summed E-state index contributed by atoms with van der Waals surface area (Å²) in [6.45, 7) is 7.47. The van der Waals surface area contributed by atoms with Crippen LogP contribution >= 0.6 is 11.3 Å². The summed E-state index contributed by atoms with van der Waals surface area (Å²) in [6.07, 6.45) is 3.53. The van der Waals surface area contributed by atoms with Gasteiger partial charge in [-0.2, -0.15) is 5.10 Å². The van der Waals surface area contributed by atoms with Gasteiger partial charge >= 0.3 is 0 Å². The molecule has 3 nitrogen and oxygen atoms in total. The molecule has 3 heterocycles. The molecule has 0 spiro atoms. The van der Waals surface area contributed by atoms with Gasteiger partial charge in [-0.1, -0.05) is 12.1 Å². The normalized spacial score (nSPS) is 14.1. The Kier molecular flexibility index (Phi) is 3.93. The molecule has 0 bridgehead atoms. The van der Waals surface area contributed by atoms with Crippen molar-refractivity contribution in [3.8, 4) is 16.3 Å². The minimum atomic E-state index is 1.02. The Labute approximate surface area is 147 Å². The van der Waals surface area contributed by atoms with Crippen molar-refractivity contribution in [3.63, 3.8) is 0 Å². The van der Waals surface area contributed by atoms with Gasteiger partial charge in [0.15, 0.2) is 0 Å². The van der Waals surface area contributed by atoms with Crippen molar-refractivity contribution in [1.29, 1.82) is 0 Å². The molecule has 0 amide bonds. The highest BCUT2D eigenvalue weighted by Crippen LogP contribution is 2.37. The maximum atomic E-state index is 5.05. The van der Waals surface area contributed by atoms with Crippen LogP contribution in [0.5, 0.6) is 0 Å². The van der Waals surface area contributed by atoms with Crippen LogP contribution in [0.25, 0.3) is 16.3 Å². The number of nitrogens with zero attached hydrogens (tertiary/aromatic N) is 2. The maximum absolute atomic E-state index is 5.05. The molecule has 2 aromatic heterocycles.